The molecule has 0 fully saturated rings. The molecular weight excluding hydrogens is 188 g/mol. The van der Waals surface area contributed by atoms with Gasteiger partial charge in [0.25, 0.3) is 0 Å². The van der Waals surface area contributed by atoms with Gasteiger partial charge >= 0.3 is 0 Å². The summed E-state index contributed by atoms with van der Waals surface area (Å²) in [6, 6.07) is 10.1. The first-order chi connectivity index (χ1) is 7.31. The Balaban J connectivity index is 2.10. The summed E-state index contributed by atoms with van der Waals surface area (Å²) in [5, 5.41) is 15.4. The molecule has 1 aliphatic rings. The van der Waals surface area contributed by atoms with Gasteiger partial charge in [-0.1, -0.05) is 18.2 Å². The lowest BCUT2D eigenvalue weighted by Crippen LogP contribution is -2.19. The first-order valence-electron chi connectivity index (χ1n) is 5.30. The molecule has 1 aliphatic heterocycles. The van der Waals surface area contributed by atoms with Crippen molar-refractivity contribution < 1.29 is 5.11 Å². The van der Waals surface area contributed by atoms with Gasteiger partial charge in [0.15, 0.2) is 0 Å². The number of nitrogens with zero attached hydrogens (tertiary/aromatic N) is 2. The standard InChI is InChI=1S/C12H16N2O/c1-10-11(7-8-15)9-14(13-10)12-5-3-2-4-6-12/h2-6,11,15H,7-9H2,1H3. The van der Waals surface area contributed by atoms with Crippen LogP contribution in [0.15, 0.2) is 35.4 Å². The number of hydrazone groups is 1. The molecule has 1 heterocycles. The van der Waals surface area contributed by atoms with Crippen molar-refractivity contribution in [2.75, 3.05) is 18.2 Å². The maximum absolute atomic E-state index is 8.93. The highest BCUT2D eigenvalue weighted by molar-refractivity contribution is 5.88. The number of benzene rings is 1. The van der Waals surface area contributed by atoms with Crippen LogP contribution in [0.25, 0.3) is 0 Å². The fourth-order valence-electron chi connectivity index (χ4n) is 1.87. The molecule has 0 bridgehead atoms. The van der Waals surface area contributed by atoms with Crippen molar-refractivity contribution in [2.45, 2.75) is 13.3 Å². The largest absolute Gasteiger partial charge is 0.396 e. The van der Waals surface area contributed by atoms with Crippen molar-refractivity contribution in [3.63, 3.8) is 0 Å². The SMILES string of the molecule is CC1=NN(c2ccccc2)CC1CCO. The summed E-state index contributed by atoms with van der Waals surface area (Å²) in [4.78, 5) is 0. The predicted molar refractivity (Wildman–Crippen MR) is 62.1 cm³/mol. The molecule has 0 saturated carbocycles. The number of para-hydroxylation sites is 1. The van der Waals surface area contributed by atoms with Gasteiger partial charge in [-0.15, -0.1) is 0 Å². The van der Waals surface area contributed by atoms with Gasteiger partial charge in [0.2, 0.25) is 0 Å². The van der Waals surface area contributed by atoms with Crippen LogP contribution in [0.2, 0.25) is 0 Å². The number of rotatable bonds is 3. The van der Waals surface area contributed by atoms with Gasteiger partial charge in [-0.3, -0.25) is 5.01 Å². The van der Waals surface area contributed by atoms with Crippen molar-refractivity contribution >= 4 is 11.4 Å². The maximum Gasteiger partial charge on any atom is 0.0594 e. The second-order valence-electron chi connectivity index (χ2n) is 3.87. The molecular formula is C12H16N2O. The van der Waals surface area contributed by atoms with Gasteiger partial charge in [-0.25, -0.2) is 0 Å². The minimum Gasteiger partial charge on any atom is -0.396 e. The van der Waals surface area contributed by atoms with E-state index in [1.807, 2.05) is 30.1 Å². The topological polar surface area (TPSA) is 35.8 Å². The molecule has 0 aliphatic carbocycles. The molecule has 0 saturated heterocycles. The van der Waals surface area contributed by atoms with E-state index in [1.54, 1.807) is 0 Å². The lowest BCUT2D eigenvalue weighted by atomic mass is 10.0. The van der Waals surface area contributed by atoms with Gasteiger partial charge in [-0.2, -0.15) is 5.10 Å². The molecule has 1 aromatic carbocycles. The normalized spacial score (nSPS) is 20.5. The van der Waals surface area contributed by atoms with E-state index in [-0.39, 0.29) is 6.61 Å². The molecule has 0 aromatic heterocycles. The summed E-state index contributed by atoms with van der Waals surface area (Å²) in [6.45, 7) is 3.15. The molecule has 80 valence electrons. The van der Waals surface area contributed by atoms with Crippen molar-refractivity contribution in [1.29, 1.82) is 0 Å². The van der Waals surface area contributed by atoms with Crippen LogP contribution < -0.4 is 5.01 Å². The second kappa shape index (κ2) is 4.45. The number of hydrogen-bond acceptors (Lipinski definition) is 3. The molecule has 1 N–H and O–H groups in total. The Morgan fingerprint density at radius 2 is 2.13 bits per heavy atom. The molecule has 1 unspecified atom stereocenters. The third-order valence-electron chi connectivity index (χ3n) is 2.79. The van der Waals surface area contributed by atoms with Crippen molar-refractivity contribution in [3.8, 4) is 0 Å². The fraction of sp³-hybridized carbons (Fsp3) is 0.417. The van der Waals surface area contributed by atoms with E-state index in [2.05, 4.69) is 17.2 Å². The van der Waals surface area contributed by atoms with E-state index in [9.17, 15) is 0 Å². The third kappa shape index (κ3) is 2.18. The molecule has 3 nitrogen and oxygen atoms in total. The highest BCUT2D eigenvalue weighted by Gasteiger charge is 2.23. The van der Waals surface area contributed by atoms with Gasteiger partial charge in [0.05, 0.1) is 5.69 Å². The Morgan fingerprint density at radius 1 is 1.40 bits per heavy atom. The predicted octanol–water partition coefficient (Wildman–Crippen LogP) is 1.88. The zero-order chi connectivity index (χ0) is 10.7. The van der Waals surface area contributed by atoms with E-state index < -0.39 is 0 Å². The van der Waals surface area contributed by atoms with Crippen LogP contribution in [0.3, 0.4) is 0 Å². The van der Waals surface area contributed by atoms with E-state index in [0.29, 0.717) is 5.92 Å². The molecule has 0 radical (unpaired) electrons. The molecule has 15 heavy (non-hydrogen) atoms. The maximum atomic E-state index is 8.93. The number of hydrogen-bond donors (Lipinski definition) is 1. The number of aliphatic hydroxyl groups is 1. The van der Waals surface area contributed by atoms with Gasteiger partial charge in [0.1, 0.15) is 0 Å². The van der Waals surface area contributed by atoms with Crippen LogP contribution in [0.4, 0.5) is 5.69 Å². The van der Waals surface area contributed by atoms with Gasteiger partial charge in [0, 0.05) is 24.8 Å². The van der Waals surface area contributed by atoms with Crippen LogP contribution in [0.1, 0.15) is 13.3 Å². The van der Waals surface area contributed by atoms with Crippen molar-refractivity contribution in [1.82, 2.24) is 0 Å². The van der Waals surface area contributed by atoms with Crippen LogP contribution in [0, 0.1) is 5.92 Å². The number of aliphatic hydroxyl groups excluding tert-OH is 1. The minimum absolute atomic E-state index is 0.236. The second-order valence-corrected chi connectivity index (χ2v) is 3.87. The van der Waals surface area contributed by atoms with E-state index in [0.717, 1.165) is 24.4 Å². The Bertz CT molecular complexity index is 348. The van der Waals surface area contributed by atoms with Crippen LogP contribution in [-0.2, 0) is 0 Å². The molecule has 1 aromatic rings. The summed E-state index contributed by atoms with van der Waals surface area (Å²) < 4.78 is 0. The quantitative estimate of drug-likeness (QED) is 0.816. The summed E-state index contributed by atoms with van der Waals surface area (Å²) in [5.41, 5.74) is 2.24. The third-order valence-corrected chi connectivity index (χ3v) is 2.79. The van der Waals surface area contributed by atoms with Crippen molar-refractivity contribution in [2.24, 2.45) is 11.0 Å². The van der Waals surface area contributed by atoms with Crippen LogP contribution >= 0.6 is 0 Å². The molecule has 1 atom stereocenters. The lowest BCUT2D eigenvalue weighted by Gasteiger charge is -2.15. The average molecular weight is 204 g/mol. The summed E-state index contributed by atoms with van der Waals surface area (Å²) in [5.74, 6) is 0.398. The molecule has 0 amide bonds. The van der Waals surface area contributed by atoms with E-state index in [1.165, 1.54) is 0 Å². The van der Waals surface area contributed by atoms with E-state index >= 15 is 0 Å². The van der Waals surface area contributed by atoms with Crippen LogP contribution in [-0.4, -0.2) is 24.0 Å². The highest BCUT2D eigenvalue weighted by Crippen LogP contribution is 2.23. The Labute approximate surface area is 90.0 Å². The van der Waals surface area contributed by atoms with Crippen molar-refractivity contribution in [3.05, 3.63) is 30.3 Å². The Kier molecular flexibility index (Phi) is 3.02. The summed E-state index contributed by atoms with van der Waals surface area (Å²) in [6.07, 6.45) is 0.804. The molecule has 3 heteroatoms. The molecule has 2 rings (SSSR count). The monoisotopic (exact) mass is 204 g/mol. The summed E-state index contributed by atoms with van der Waals surface area (Å²) in [7, 11) is 0. The zero-order valence-electron chi connectivity index (χ0n) is 8.93. The van der Waals surface area contributed by atoms with Gasteiger partial charge < -0.3 is 5.11 Å². The van der Waals surface area contributed by atoms with Gasteiger partial charge in [-0.05, 0) is 25.5 Å². The molecule has 0 spiro atoms. The first kappa shape index (κ1) is 10.2. The smallest absolute Gasteiger partial charge is 0.0594 e. The first-order valence-corrected chi connectivity index (χ1v) is 5.30. The lowest BCUT2D eigenvalue weighted by molar-refractivity contribution is 0.276. The van der Waals surface area contributed by atoms with E-state index in [4.69, 9.17) is 5.11 Å². The Morgan fingerprint density at radius 3 is 2.80 bits per heavy atom. The summed E-state index contributed by atoms with van der Waals surface area (Å²) >= 11 is 0. The number of anilines is 1. The zero-order valence-corrected chi connectivity index (χ0v) is 8.93. The Hall–Kier alpha value is -1.35. The fourth-order valence-corrected chi connectivity index (χ4v) is 1.87. The minimum atomic E-state index is 0.236. The van der Waals surface area contributed by atoms with Crippen LogP contribution in [0.5, 0.6) is 0 Å². The highest BCUT2D eigenvalue weighted by atomic mass is 16.3. The average Bonchev–Trinajstić information content (AvgIpc) is 2.63.